The zero-order valence-electron chi connectivity index (χ0n) is 13.3. The Morgan fingerprint density at radius 1 is 1.26 bits per heavy atom. The van der Waals surface area contributed by atoms with Crippen molar-refractivity contribution >= 4 is 16.8 Å². The zero-order chi connectivity index (χ0) is 15.6. The third kappa shape index (κ3) is 3.22. The monoisotopic (exact) mass is 310 g/mol. The summed E-state index contributed by atoms with van der Waals surface area (Å²) in [7, 11) is 0. The van der Waals surface area contributed by atoms with Gasteiger partial charge in [0.05, 0.1) is 17.2 Å². The lowest BCUT2D eigenvalue weighted by atomic mass is 10.1. The average molecular weight is 310 g/mol. The van der Waals surface area contributed by atoms with Crippen molar-refractivity contribution in [2.75, 3.05) is 13.2 Å². The number of hydrogen-bond donors (Lipinski definition) is 1. The molecule has 2 fully saturated rings. The molecule has 2 aliphatic rings. The van der Waals surface area contributed by atoms with Gasteiger partial charge in [0.2, 0.25) is 0 Å². The summed E-state index contributed by atoms with van der Waals surface area (Å²) in [6.07, 6.45) is 5.82. The van der Waals surface area contributed by atoms with Gasteiger partial charge < -0.3 is 10.1 Å². The number of aromatic nitrogens is 1. The van der Waals surface area contributed by atoms with Crippen molar-refractivity contribution in [1.82, 2.24) is 10.3 Å². The van der Waals surface area contributed by atoms with Crippen LogP contribution in [0.2, 0.25) is 0 Å². The molecule has 1 aliphatic carbocycles. The van der Waals surface area contributed by atoms with Crippen molar-refractivity contribution in [3.05, 3.63) is 41.6 Å². The minimum Gasteiger partial charge on any atom is -0.378 e. The molecule has 1 saturated carbocycles. The molecule has 1 atom stereocenters. The predicted octanol–water partition coefficient (Wildman–Crippen LogP) is 3.41. The molecule has 4 heteroatoms. The Hall–Kier alpha value is -1.94. The molecule has 1 amide bonds. The lowest BCUT2D eigenvalue weighted by molar-refractivity contribution is 0.0908. The molecule has 0 unspecified atom stereocenters. The van der Waals surface area contributed by atoms with Gasteiger partial charge in [-0.25, -0.2) is 0 Å². The van der Waals surface area contributed by atoms with E-state index in [0.29, 0.717) is 18.6 Å². The summed E-state index contributed by atoms with van der Waals surface area (Å²) in [4.78, 5) is 17.4. The number of fused-ring (bicyclic) bond motifs is 1. The maximum Gasteiger partial charge on any atom is 0.252 e. The van der Waals surface area contributed by atoms with Crippen LogP contribution in [-0.4, -0.2) is 30.1 Å². The van der Waals surface area contributed by atoms with Crippen LogP contribution in [0, 0.1) is 0 Å². The maximum atomic E-state index is 12.6. The van der Waals surface area contributed by atoms with E-state index in [1.165, 1.54) is 12.8 Å². The molecule has 0 spiro atoms. The highest BCUT2D eigenvalue weighted by molar-refractivity contribution is 6.06. The van der Waals surface area contributed by atoms with Crippen molar-refractivity contribution in [2.45, 2.75) is 44.1 Å². The van der Waals surface area contributed by atoms with Crippen LogP contribution in [0.4, 0.5) is 0 Å². The van der Waals surface area contributed by atoms with Gasteiger partial charge in [-0.3, -0.25) is 9.78 Å². The number of hydrogen-bond acceptors (Lipinski definition) is 3. The molecule has 1 N–H and O–H groups in total. The highest BCUT2D eigenvalue weighted by atomic mass is 16.5. The van der Waals surface area contributed by atoms with E-state index < -0.39 is 0 Å². The molecular formula is C19H22N2O2. The van der Waals surface area contributed by atoms with Crippen LogP contribution in [0.3, 0.4) is 0 Å². The number of nitrogens with one attached hydrogen (secondary N) is 1. The number of carbonyl (C=O) groups excluding carboxylic acids is 1. The SMILES string of the molecule is O=C(NCC[C@@H]1CCCO1)c1cc(C2CC2)nc2ccccc12. The van der Waals surface area contributed by atoms with Crippen LogP contribution in [0.1, 0.15) is 54.1 Å². The van der Waals surface area contributed by atoms with E-state index in [0.717, 1.165) is 48.0 Å². The van der Waals surface area contributed by atoms with Crippen LogP contribution in [0.15, 0.2) is 30.3 Å². The van der Waals surface area contributed by atoms with Crippen LogP contribution in [0.5, 0.6) is 0 Å². The number of rotatable bonds is 5. The van der Waals surface area contributed by atoms with Gasteiger partial charge >= 0.3 is 0 Å². The number of para-hydroxylation sites is 1. The number of benzene rings is 1. The third-order valence-electron chi connectivity index (χ3n) is 4.75. The standard InChI is InChI=1S/C19H22N2O2/c22-19(20-10-9-14-4-3-11-23-14)16-12-18(13-7-8-13)21-17-6-2-1-5-15(16)17/h1-2,5-6,12-14H,3-4,7-11H2,(H,20,22)/t14-/m0/s1. The molecular weight excluding hydrogens is 288 g/mol. The second kappa shape index (κ2) is 6.28. The van der Waals surface area contributed by atoms with Crippen LogP contribution >= 0.6 is 0 Å². The van der Waals surface area contributed by atoms with E-state index in [-0.39, 0.29) is 5.91 Å². The Morgan fingerprint density at radius 2 is 2.13 bits per heavy atom. The summed E-state index contributed by atoms with van der Waals surface area (Å²) in [6.45, 7) is 1.53. The summed E-state index contributed by atoms with van der Waals surface area (Å²) in [5.74, 6) is 0.543. The molecule has 0 radical (unpaired) electrons. The van der Waals surface area contributed by atoms with Crippen LogP contribution in [-0.2, 0) is 4.74 Å². The van der Waals surface area contributed by atoms with Gasteiger partial charge in [0.1, 0.15) is 0 Å². The Bertz CT molecular complexity index is 718. The number of amides is 1. The van der Waals surface area contributed by atoms with E-state index in [1.807, 2.05) is 30.3 Å². The fraction of sp³-hybridized carbons (Fsp3) is 0.474. The van der Waals surface area contributed by atoms with Crippen molar-refractivity contribution in [3.63, 3.8) is 0 Å². The molecule has 1 aromatic carbocycles. The minimum atomic E-state index is 0.00324. The van der Waals surface area contributed by atoms with E-state index in [4.69, 9.17) is 9.72 Å². The number of carbonyl (C=O) groups is 1. The first-order valence-corrected chi connectivity index (χ1v) is 8.61. The van der Waals surface area contributed by atoms with Crippen LogP contribution in [0.25, 0.3) is 10.9 Å². The first-order valence-electron chi connectivity index (χ1n) is 8.61. The molecule has 1 aliphatic heterocycles. The first kappa shape index (κ1) is 14.6. The predicted molar refractivity (Wildman–Crippen MR) is 89.6 cm³/mol. The van der Waals surface area contributed by atoms with E-state index in [1.54, 1.807) is 0 Å². The van der Waals surface area contributed by atoms with Gasteiger partial charge in [-0.2, -0.15) is 0 Å². The van der Waals surface area contributed by atoms with Gasteiger partial charge in [0.25, 0.3) is 5.91 Å². The van der Waals surface area contributed by atoms with Crippen molar-refractivity contribution < 1.29 is 9.53 Å². The fourth-order valence-corrected chi connectivity index (χ4v) is 3.29. The molecule has 1 aromatic heterocycles. The smallest absolute Gasteiger partial charge is 0.252 e. The van der Waals surface area contributed by atoms with E-state index in [2.05, 4.69) is 5.32 Å². The fourth-order valence-electron chi connectivity index (χ4n) is 3.29. The highest BCUT2D eigenvalue weighted by Gasteiger charge is 2.27. The average Bonchev–Trinajstić information content (AvgIpc) is 3.31. The normalized spacial score (nSPS) is 20.8. The number of pyridine rings is 1. The van der Waals surface area contributed by atoms with Gasteiger partial charge in [0.15, 0.2) is 0 Å². The minimum absolute atomic E-state index is 0.00324. The lowest BCUT2D eigenvalue weighted by Gasteiger charge is -2.12. The summed E-state index contributed by atoms with van der Waals surface area (Å²) < 4.78 is 5.61. The second-order valence-electron chi connectivity index (χ2n) is 6.57. The molecule has 4 nitrogen and oxygen atoms in total. The molecule has 4 rings (SSSR count). The van der Waals surface area contributed by atoms with Gasteiger partial charge in [-0.1, -0.05) is 18.2 Å². The Labute approximate surface area is 136 Å². The van der Waals surface area contributed by atoms with Gasteiger partial charge in [-0.15, -0.1) is 0 Å². The number of ether oxygens (including phenoxy) is 1. The summed E-state index contributed by atoms with van der Waals surface area (Å²) in [6, 6.07) is 9.90. The van der Waals surface area contributed by atoms with Crippen LogP contribution < -0.4 is 5.32 Å². The molecule has 1 saturated heterocycles. The quantitative estimate of drug-likeness (QED) is 0.920. The zero-order valence-corrected chi connectivity index (χ0v) is 13.3. The maximum absolute atomic E-state index is 12.6. The van der Waals surface area contributed by atoms with E-state index >= 15 is 0 Å². The summed E-state index contributed by atoms with van der Waals surface area (Å²) in [5.41, 5.74) is 2.74. The molecule has 23 heavy (non-hydrogen) atoms. The van der Waals surface area contributed by atoms with Crippen molar-refractivity contribution in [1.29, 1.82) is 0 Å². The Balaban J connectivity index is 1.52. The second-order valence-corrected chi connectivity index (χ2v) is 6.57. The lowest BCUT2D eigenvalue weighted by Crippen LogP contribution is -2.27. The van der Waals surface area contributed by atoms with Gasteiger partial charge in [0, 0.05) is 30.1 Å². The Morgan fingerprint density at radius 3 is 2.91 bits per heavy atom. The Kier molecular flexibility index (Phi) is 4.00. The molecule has 0 bridgehead atoms. The van der Waals surface area contributed by atoms with E-state index in [9.17, 15) is 4.79 Å². The van der Waals surface area contributed by atoms with Crippen molar-refractivity contribution in [2.24, 2.45) is 0 Å². The number of nitrogens with zero attached hydrogens (tertiary/aromatic N) is 1. The molecule has 120 valence electrons. The largest absolute Gasteiger partial charge is 0.378 e. The molecule has 2 aromatic rings. The highest BCUT2D eigenvalue weighted by Crippen LogP contribution is 2.40. The third-order valence-corrected chi connectivity index (χ3v) is 4.75. The molecule has 2 heterocycles. The van der Waals surface area contributed by atoms with Gasteiger partial charge in [-0.05, 0) is 44.2 Å². The van der Waals surface area contributed by atoms with Crippen molar-refractivity contribution in [3.8, 4) is 0 Å². The topological polar surface area (TPSA) is 51.2 Å². The summed E-state index contributed by atoms with van der Waals surface area (Å²) >= 11 is 0. The first-order chi connectivity index (χ1) is 11.3. The summed E-state index contributed by atoms with van der Waals surface area (Å²) in [5, 5.41) is 3.99.